The summed E-state index contributed by atoms with van der Waals surface area (Å²) in [6.45, 7) is 0.434. The van der Waals surface area contributed by atoms with E-state index >= 15 is 0 Å². The monoisotopic (exact) mass is 311 g/mol. The van der Waals surface area contributed by atoms with Crippen LogP contribution in [0.5, 0.6) is 0 Å². The average Bonchev–Trinajstić information content (AvgIpc) is 2.88. The van der Waals surface area contributed by atoms with Gasteiger partial charge in [0.05, 0.1) is 0 Å². The van der Waals surface area contributed by atoms with Crippen LogP contribution in [0.4, 0.5) is 4.79 Å². The molecular formula is C17H17N3O3. The maximum atomic E-state index is 11.9. The van der Waals surface area contributed by atoms with E-state index in [1.807, 2.05) is 42.5 Å². The highest BCUT2D eigenvalue weighted by Crippen LogP contribution is 2.18. The zero-order valence-electron chi connectivity index (χ0n) is 12.5. The molecule has 3 rings (SSSR count). The number of urea groups is 1. The summed E-state index contributed by atoms with van der Waals surface area (Å²) in [6, 6.07) is 12.8. The zero-order chi connectivity index (χ0) is 16.2. The van der Waals surface area contributed by atoms with E-state index in [2.05, 4.69) is 16.0 Å². The van der Waals surface area contributed by atoms with Gasteiger partial charge in [0.25, 0.3) is 5.91 Å². The van der Waals surface area contributed by atoms with Gasteiger partial charge in [-0.05, 0) is 22.8 Å². The van der Waals surface area contributed by atoms with Gasteiger partial charge in [0, 0.05) is 13.0 Å². The molecule has 1 aliphatic heterocycles. The van der Waals surface area contributed by atoms with Gasteiger partial charge in [-0.2, -0.15) is 0 Å². The van der Waals surface area contributed by atoms with Crippen molar-refractivity contribution in [3.05, 3.63) is 48.0 Å². The summed E-state index contributed by atoms with van der Waals surface area (Å²) in [5.74, 6) is -0.524. The van der Waals surface area contributed by atoms with Gasteiger partial charge in [-0.1, -0.05) is 42.5 Å². The first-order valence-corrected chi connectivity index (χ1v) is 7.48. The van der Waals surface area contributed by atoms with Crippen LogP contribution in [-0.4, -0.2) is 23.9 Å². The van der Waals surface area contributed by atoms with E-state index in [9.17, 15) is 14.4 Å². The van der Waals surface area contributed by atoms with Crippen molar-refractivity contribution in [3.63, 3.8) is 0 Å². The van der Waals surface area contributed by atoms with E-state index in [1.54, 1.807) is 0 Å². The van der Waals surface area contributed by atoms with Gasteiger partial charge in [-0.15, -0.1) is 0 Å². The van der Waals surface area contributed by atoms with Crippen LogP contribution in [0.3, 0.4) is 0 Å². The molecule has 6 heteroatoms. The molecule has 0 bridgehead atoms. The molecule has 0 aromatic heterocycles. The summed E-state index contributed by atoms with van der Waals surface area (Å²) in [5.41, 5.74) is 1.04. The minimum absolute atomic E-state index is 0.146. The Bertz CT molecular complexity index is 767. The third-order valence-corrected chi connectivity index (χ3v) is 3.87. The molecule has 0 aliphatic carbocycles. The van der Waals surface area contributed by atoms with Crippen LogP contribution in [0, 0.1) is 0 Å². The Hall–Kier alpha value is -2.89. The number of benzene rings is 2. The molecule has 2 aromatic rings. The quantitative estimate of drug-likeness (QED) is 0.730. The lowest BCUT2D eigenvalue weighted by atomic mass is 10.0. The number of carbonyl (C=O) groups excluding carboxylic acids is 3. The number of carbonyl (C=O) groups is 3. The van der Waals surface area contributed by atoms with Crippen LogP contribution in [0.1, 0.15) is 18.4 Å². The Kier molecular flexibility index (Phi) is 4.23. The second-order valence-corrected chi connectivity index (χ2v) is 5.47. The molecule has 6 nitrogen and oxygen atoms in total. The van der Waals surface area contributed by atoms with E-state index in [0.29, 0.717) is 13.0 Å². The van der Waals surface area contributed by atoms with Gasteiger partial charge in [0.15, 0.2) is 0 Å². The van der Waals surface area contributed by atoms with Crippen LogP contribution in [0.2, 0.25) is 0 Å². The Balaban J connectivity index is 1.54. The highest BCUT2D eigenvalue weighted by Gasteiger charge is 2.29. The third kappa shape index (κ3) is 3.48. The average molecular weight is 311 g/mol. The molecule has 118 valence electrons. The topological polar surface area (TPSA) is 87.3 Å². The normalized spacial score (nSPS) is 17.0. The van der Waals surface area contributed by atoms with Crippen molar-refractivity contribution in [1.82, 2.24) is 16.0 Å². The van der Waals surface area contributed by atoms with Crippen LogP contribution in [-0.2, 0) is 16.1 Å². The number of hydrogen-bond donors (Lipinski definition) is 3. The van der Waals surface area contributed by atoms with Gasteiger partial charge >= 0.3 is 6.03 Å². The minimum Gasteiger partial charge on any atom is -0.352 e. The van der Waals surface area contributed by atoms with Gasteiger partial charge in [-0.3, -0.25) is 14.9 Å². The van der Waals surface area contributed by atoms with E-state index in [-0.39, 0.29) is 18.2 Å². The number of rotatable bonds is 5. The number of amides is 4. The highest BCUT2D eigenvalue weighted by molar-refractivity contribution is 6.04. The predicted octanol–water partition coefficient (Wildman–Crippen LogP) is 1.44. The second kappa shape index (κ2) is 6.48. The molecule has 1 unspecified atom stereocenters. The van der Waals surface area contributed by atoms with E-state index in [1.165, 1.54) is 0 Å². The molecular weight excluding hydrogens is 294 g/mol. The van der Waals surface area contributed by atoms with Crippen molar-refractivity contribution in [2.24, 2.45) is 0 Å². The molecule has 23 heavy (non-hydrogen) atoms. The summed E-state index contributed by atoms with van der Waals surface area (Å²) in [4.78, 5) is 34.3. The first kappa shape index (κ1) is 15.0. The van der Waals surface area contributed by atoms with E-state index in [4.69, 9.17) is 0 Å². The molecule has 1 heterocycles. The summed E-state index contributed by atoms with van der Waals surface area (Å²) < 4.78 is 0. The first-order chi connectivity index (χ1) is 11.1. The van der Waals surface area contributed by atoms with Crippen LogP contribution in [0.25, 0.3) is 10.8 Å². The summed E-state index contributed by atoms with van der Waals surface area (Å²) in [7, 11) is 0. The first-order valence-electron chi connectivity index (χ1n) is 7.48. The second-order valence-electron chi connectivity index (χ2n) is 5.47. The van der Waals surface area contributed by atoms with Crippen LogP contribution >= 0.6 is 0 Å². The summed E-state index contributed by atoms with van der Waals surface area (Å²) >= 11 is 0. The highest BCUT2D eigenvalue weighted by atomic mass is 16.2. The fraction of sp³-hybridized carbons (Fsp3) is 0.235. The van der Waals surface area contributed by atoms with Gasteiger partial charge in [0.1, 0.15) is 6.04 Å². The van der Waals surface area contributed by atoms with Crippen molar-refractivity contribution >= 4 is 28.6 Å². The zero-order valence-corrected chi connectivity index (χ0v) is 12.5. The molecule has 1 aliphatic rings. The van der Waals surface area contributed by atoms with Crippen molar-refractivity contribution in [3.8, 4) is 0 Å². The summed E-state index contributed by atoms with van der Waals surface area (Å²) in [5, 5.41) is 9.72. The van der Waals surface area contributed by atoms with Gasteiger partial charge in [-0.25, -0.2) is 4.79 Å². The fourth-order valence-electron chi connectivity index (χ4n) is 2.67. The van der Waals surface area contributed by atoms with Crippen molar-refractivity contribution in [2.75, 3.05) is 0 Å². The van der Waals surface area contributed by atoms with Gasteiger partial charge in [0.2, 0.25) is 5.91 Å². The molecule has 1 atom stereocenters. The lowest BCUT2D eigenvalue weighted by Crippen LogP contribution is -2.31. The molecule has 0 saturated carbocycles. The molecule has 4 amide bonds. The van der Waals surface area contributed by atoms with Crippen molar-refractivity contribution in [1.29, 1.82) is 0 Å². The molecule has 0 spiro atoms. The Morgan fingerprint density at radius 1 is 1.09 bits per heavy atom. The van der Waals surface area contributed by atoms with Crippen molar-refractivity contribution in [2.45, 2.75) is 25.4 Å². The standard InChI is InChI=1S/C17H17N3O3/c21-15(9-8-14-16(22)20-17(23)19-14)18-10-12-6-3-5-11-4-1-2-7-13(11)12/h1-7,14H,8-10H2,(H,18,21)(H2,19,20,22,23). The van der Waals surface area contributed by atoms with Crippen LogP contribution < -0.4 is 16.0 Å². The van der Waals surface area contributed by atoms with E-state index < -0.39 is 12.1 Å². The molecule has 1 fully saturated rings. The number of nitrogens with one attached hydrogen (secondary N) is 3. The lowest BCUT2D eigenvalue weighted by Gasteiger charge is -2.10. The molecule has 3 N–H and O–H groups in total. The SMILES string of the molecule is O=C(CCC1NC(=O)NC1=O)NCc1cccc2ccccc12. The Morgan fingerprint density at radius 3 is 2.65 bits per heavy atom. The lowest BCUT2D eigenvalue weighted by molar-refractivity contribution is -0.122. The molecule has 2 aromatic carbocycles. The summed E-state index contributed by atoms with van der Waals surface area (Å²) in [6.07, 6.45) is 0.474. The van der Waals surface area contributed by atoms with Crippen molar-refractivity contribution < 1.29 is 14.4 Å². The van der Waals surface area contributed by atoms with Gasteiger partial charge < -0.3 is 10.6 Å². The third-order valence-electron chi connectivity index (χ3n) is 3.87. The maximum Gasteiger partial charge on any atom is 0.322 e. The van der Waals surface area contributed by atoms with Crippen LogP contribution in [0.15, 0.2) is 42.5 Å². The fourth-order valence-corrected chi connectivity index (χ4v) is 2.67. The predicted molar refractivity (Wildman–Crippen MR) is 85.5 cm³/mol. The number of hydrogen-bond acceptors (Lipinski definition) is 3. The van der Waals surface area contributed by atoms with E-state index in [0.717, 1.165) is 16.3 Å². The minimum atomic E-state index is -0.620. The maximum absolute atomic E-state index is 11.9. The largest absolute Gasteiger partial charge is 0.352 e. The number of fused-ring (bicyclic) bond motifs is 1. The smallest absolute Gasteiger partial charge is 0.322 e. The Labute approximate surface area is 133 Å². The Morgan fingerprint density at radius 2 is 1.87 bits per heavy atom. The molecule has 1 saturated heterocycles. The molecule has 0 radical (unpaired) electrons. The number of imide groups is 1.